The molecular formula is C30H28O9. The molecule has 0 unspecified atom stereocenters. The molecule has 9 nitrogen and oxygen atoms in total. The molecule has 0 saturated carbocycles. The number of carbonyl (C=O) groups is 1. The van der Waals surface area contributed by atoms with Crippen molar-refractivity contribution in [3.05, 3.63) is 107 Å². The van der Waals surface area contributed by atoms with Crippen LogP contribution in [0.25, 0.3) is 24.3 Å². The minimum absolute atomic E-state index is 0.0235. The minimum atomic E-state index is -1.19. The van der Waals surface area contributed by atoms with Crippen molar-refractivity contribution in [2.75, 3.05) is 6.61 Å². The second kappa shape index (κ2) is 15.0. The van der Waals surface area contributed by atoms with Gasteiger partial charge in [0.15, 0.2) is 0 Å². The van der Waals surface area contributed by atoms with Gasteiger partial charge in [-0.3, -0.25) is 0 Å². The van der Waals surface area contributed by atoms with Gasteiger partial charge in [-0.05, 0) is 70.8 Å². The summed E-state index contributed by atoms with van der Waals surface area (Å²) in [6.45, 7) is -0.778. The maximum atomic E-state index is 9.30. The summed E-state index contributed by atoms with van der Waals surface area (Å²) in [5.41, 5.74) is 3.25. The van der Waals surface area contributed by atoms with Crippen LogP contribution >= 0.6 is 0 Å². The summed E-state index contributed by atoms with van der Waals surface area (Å²) in [4.78, 5) is 9.12. The molecule has 4 rings (SSSR count). The fraction of sp³-hybridized carbons (Fsp3) is 0.0333. The van der Waals surface area contributed by atoms with Gasteiger partial charge in [0.1, 0.15) is 41.1 Å². The van der Waals surface area contributed by atoms with E-state index >= 15 is 0 Å². The van der Waals surface area contributed by atoms with Crippen molar-refractivity contribution in [2.45, 2.75) is 0 Å². The second-order valence-corrected chi connectivity index (χ2v) is 7.97. The molecule has 39 heavy (non-hydrogen) atoms. The Labute approximate surface area is 224 Å². The Hall–Kier alpha value is -5.41. The van der Waals surface area contributed by atoms with Gasteiger partial charge < -0.3 is 40.9 Å². The molecule has 9 heteroatoms. The van der Waals surface area contributed by atoms with Gasteiger partial charge in [0.2, 0.25) is 0 Å². The van der Waals surface area contributed by atoms with Gasteiger partial charge >= 0.3 is 5.97 Å². The van der Waals surface area contributed by atoms with E-state index in [4.69, 9.17) is 25.2 Å². The predicted octanol–water partition coefficient (Wildman–Crippen LogP) is 5.01. The lowest BCUT2D eigenvalue weighted by atomic mass is 10.1. The van der Waals surface area contributed by atoms with Crippen molar-refractivity contribution in [3.63, 3.8) is 0 Å². The topological polar surface area (TPSA) is 179 Å². The Balaban J connectivity index is 0.000000234. The van der Waals surface area contributed by atoms with E-state index < -0.39 is 12.6 Å². The van der Waals surface area contributed by atoms with E-state index in [1.165, 1.54) is 12.1 Å². The molecule has 0 radical (unpaired) electrons. The third kappa shape index (κ3) is 11.9. The van der Waals surface area contributed by atoms with Crippen molar-refractivity contribution >= 4 is 30.3 Å². The van der Waals surface area contributed by atoms with Crippen molar-refractivity contribution in [1.29, 1.82) is 0 Å². The monoisotopic (exact) mass is 532 g/mol. The van der Waals surface area contributed by atoms with Crippen LogP contribution in [0, 0.1) is 0 Å². The third-order valence-corrected chi connectivity index (χ3v) is 4.71. The normalized spacial score (nSPS) is 10.4. The number of aromatic hydroxyl groups is 6. The van der Waals surface area contributed by atoms with E-state index in [0.717, 1.165) is 11.1 Å². The molecule has 0 spiro atoms. The molecule has 8 N–H and O–H groups in total. The SMILES string of the molecule is O=C(O)CO.Oc1ccc(C=Cc2cc(O)cc(O)c2)cc1.Oc1ccc(C=Cc2cc(O)cc(O)c2)cc1. The van der Waals surface area contributed by atoms with E-state index in [2.05, 4.69) is 0 Å². The van der Waals surface area contributed by atoms with Gasteiger partial charge in [-0.25, -0.2) is 4.79 Å². The first kappa shape index (κ1) is 29.8. The summed E-state index contributed by atoms with van der Waals surface area (Å²) in [5, 5.41) is 70.5. The number of phenols is 6. The van der Waals surface area contributed by atoms with Crippen LogP contribution in [-0.4, -0.2) is 53.4 Å². The quantitative estimate of drug-likeness (QED) is 0.164. The van der Waals surface area contributed by atoms with E-state index in [0.29, 0.717) is 11.1 Å². The van der Waals surface area contributed by atoms with Crippen LogP contribution in [0.3, 0.4) is 0 Å². The highest BCUT2D eigenvalue weighted by Crippen LogP contribution is 2.23. The molecule has 4 aromatic rings. The zero-order valence-corrected chi connectivity index (χ0v) is 20.6. The van der Waals surface area contributed by atoms with Crippen LogP contribution in [0.5, 0.6) is 34.5 Å². The van der Waals surface area contributed by atoms with Gasteiger partial charge in [0, 0.05) is 12.1 Å². The van der Waals surface area contributed by atoms with Crippen LogP contribution in [0.1, 0.15) is 22.3 Å². The first-order valence-corrected chi connectivity index (χ1v) is 11.4. The number of phenolic OH excluding ortho intramolecular Hbond substituents is 6. The number of aliphatic hydroxyl groups excluding tert-OH is 1. The molecule has 0 bridgehead atoms. The van der Waals surface area contributed by atoms with E-state index in [9.17, 15) is 20.4 Å². The lowest BCUT2D eigenvalue weighted by molar-refractivity contribution is -0.140. The molecule has 0 aromatic heterocycles. The smallest absolute Gasteiger partial charge is 0.329 e. The number of hydrogen-bond donors (Lipinski definition) is 8. The van der Waals surface area contributed by atoms with E-state index in [-0.39, 0.29) is 34.5 Å². The Morgan fingerprint density at radius 2 is 0.718 bits per heavy atom. The number of hydrogen-bond acceptors (Lipinski definition) is 8. The fourth-order valence-electron chi connectivity index (χ4n) is 2.98. The van der Waals surface area contributed by atoms with Gasteiger partial charge in [0.25, 0.3) is 0 Å². The summed E-state index contributed by atoms with van der Waals surface area (Å²) >= 11 is 0. The summed E-state index contributed by atoms with van der Waals surface area (Å²) in [5.74, 6) is -0.657. The number of rotatable bonds is 5. The number of aliphatic hydroxyl groups is 1. The largest absolute Gasteiger partial charge is 0.508 e. The van der Waals surface area contributed by atoms with Gasteiger partial charge in [0.05, 0.1) is 0 Å². The minimum Gasteiger partial charge on any atom is -0.508 e. The molecule has 0 aliphatic rings. The number of carboxylic acids is 1. The Morgan fingerprint density at radius 1 is 0.462 bits per heavy atom. The molecule has 0 amide bonds. The Morgan fingerprint density at radius 3 is 0.974 bits per heavy atom. The first-order chi connectivity index (χ1) is 18.5. The van der Waals surface area contributed by atoms with Crippen LogP contribution in [-0.2, 0) is 4.79 Å². The van der Waals surface area contributed by atoms with Crippen molar-refractivity contribution in [1.82, 2.24) is 0 Å². The molecule has 202 valence electrons. The average Bonchev–Trinajstić information content (AvgIpc) is 2.88. The van der Waals surface area contributed by atoms with Crippen LogP contribution in [0.4, 0.5) is 0 Å². The summed E-state index contributed by atoms with van der Waals surface area (Å²) in [6.07, 6.45) is 7.19. The fourth-order valence-corrected chi connectivity index (χ4v) is 2.98. The highest BCUT2D eigenvalue weighted by Gasteiger charge is 1.97. The first-order valence-electron chi connectivity index (χ1n) is 11.4. The lowest BCUT2D eigenvalue weighted by Gasteiger charge is -1.98. The second-order valence-electron chi connectivity index (χ2n) is 7.97. The Kier molecular flexibility index (Phi) is 11.5. The zero-order valence-electron chi connectivity index (χ0n) is 20.6. The maximum absolute atomic E-state index is 9.30. The molecular weight excluding hydrogens is 504 g/mol. The highest BCUT2D eigenvalue weighted by molar-refractivity contribution is 5.72. The van der Waals surface area contributed by atoms with Gasteiger partial charge in [-0.2, -0.15) is 0 Å². The van der Waals surface area contributed by atoms with Crippen LogP contribution in [0.2, 0.25) is 0 Å². The molecule has 4 aromatic carbocycles. The lowest BCUT2D eigenvalue weighted by Crippen LogP contribution is -1.98. The van der Waals surface area contributed by atoms with Gasteiger partial charge in [-0.1, -0.05) is 48.6 Å². The van der Waals surface area contributed by atoms with E-state index in [1.807, 2.05) is 12.2 Å². The predicted molar refractivity (Wildman–Crippen MR) is 148 cm³/mol. The third-order valence-electron chi connectivity index (χ3n) is 4.71. The molecule has 0 atom stereocenters. The molecule has 0 saturated heterocycles. The van der Waals surface area contributed by atoms with Crippen molar-refractivity contribution < 1.29 is 45.6 Å². The molecule has 0 aliphatic carbocycles. The average molecular weight is 533 g/mol. The van der Waals surface area contributed by atoms with Gasteiger partial charge in [-0.15, -0.1) is 0 Å². The number of aliphatic carboxylic acids is 1. The standard InChI is InChI=1S/2C14H12O3.C2H4O3/c2*15-12-5-3-10(4-6-12)1-2-11-7-13(16)9-14(17)8-11;3-1-2(4)5/h2*1-9,15-17H;3H,1H2,(H,4,5). The molecule has 0 aliphatic heterocycles. The van der Waals surface area contributed by atoms with Crippen LogP contribution < -0.4 is 0 Å². The summed E-state index contributed by atoms with van der Waals surface area (Å²) in [6, 6.07) is 22.2. The Bertz CT molecular complexity index is 1260. The highest BCUT2D eigenvalue weighted by atomic mass is 16.4. The maximum Gasteiger partial charge on any atom is 0.329 e. The zero-order chi connectivity index (χ0) is 28.8. The number of carboxylic acid groups (broad SMARTS) is 1. The summed E-state index contributed by atoms with van der Waals surface area (Å²) < 4.78 is 0. The number of benzene rings is 4. The molecule has 0 heterocycles. The van der Waals surface area contributed by atoms with Crippen molar-refractivity contribution in [2.24, 2.45) is 0 Å². The van der Waals surface area contributed by atoms with E-state index in [1.54, 1.807) is 84.9 Å². The van der Waals surface area contributed by atoms with Crippen molar-refractivity contribution in [3.8, 4) is 34.5 Å². The summed E-state index contributed by atoms with van der Waals surface area (Å²) in [7, 11) is 0. The molecule has 0 fully saturated rings. The van der Waals surface area contributed by atoms with Crippen LogP contribution in [0.15, 0.2) is 84.9 Å².